The van der Waals surface area contributed by atoms with E-state index in [9.17, 15) is 8.42 Å². The second-order valence-corrected chi connectivity index (χ2v) is 8.53. The zero-order chi connectivity index (χ0) is 15.9. The summed E-state index contributed by atoms with van der Waals surface area (Å²) in [7, 11) is -3.69. The van der Waals surface area contributed by atoms with Crippen LogP contribution in [0.4, 0.5) is 0 Å². The van der Waals surface area contributed by atoms with Gasteiger partial charge in [-0.3, -0.25) is 0 Å². The molecular formula is C13H13BrN4O2S2. The minimum atomic E-state index is -3.69. The van der Waals surface area contributed by atoms with Gasteiger partial charge in [0.05, 0.1) is 5.69 Å². The molecule has 0 saturated heterocycles. The number of nitrogens with one attached hydrogen (secondary N) is 1. The van der Waals surface area contributed by atoms with Gasteiger partial charge in [-0.25, -0.2) is 18.1 Å². The van der Waals surface area contributed by atoms with Gasteiger partial charge >= 0.3 is 0 Å². The molecule has 0 bridgehead atoms. The van der Waals surface area contributed by atoms with E-state index in [0.717, 1.165) is 15.0 Å². The minimum absolute atomic E-state index is 0.101. The lowest BCUT2D eigenvalue weighted by Gasteiger charge is -2.06. The lowest BCUT2D eigenvalue weighted by atomic mass is 10.2. The molecule has 0 aliphatic carbocycles. The van der Waals surface area contributed by atoms with Gasteiger partial charge in [-0.2, -0.15) is 9.61 Å². The third-order valence-corrected chi connectivity index (χ3v) is 5.91. The number of imidazole rings is 1. The topological polar surface area (TPSA) is 76.4 Å². The van der Waals surface area contributed by atoms with Crippen LogP contribution < -0.4 is 4.72 Å². The van der Waals surface area contributed by atoms with E-state index in [1.54, 1.807) is 6.92 Å². The van der Waals surface area contributed by atoms with Crippen LogP contribution in [0, 0.1) is 13.8 Å². The summed E-state index contributed by atoms with van der Waals surface area (Å²) in [6.45, 7) is 3.71. The van der Waals surface area contributed by atoms with Crippen LogP contribution in [0.25, 0.3) is 4.96 Å². The summed E-state index contributed by atoms with van der Waals surface area (Å²) in [4.78, 5) is 4.84. The summed E-state index contributed by atoms with van der Waals surface area (Å²) in [6, 6.07) is 7.46. The Morgan fingerprint density at radius 2 is 1.95 bits per heavy atom. The third kappa shape index (κ3) is 2.94. The molecule has 9 heteroatoms. The van der Waals surface area contributed by atoms with E-state index in [1.165, 1.54) is 15.9 Å². The molecule has 0 radical (unpaired) electrons. The Morgan fingerprint density at radius 3 is 2.64 bits per heavy atom. The highest BCUT2D eigenvalue weighted by Gasteiger charge is 2.25. The second-order valence-electron chi connectivity index (χ2n) is 4.77. The Kier molecular flexibility index (Phi) is 4.06. The molecule has 0 spiro atoms. The number of hydrogen-bond donors (Lipinski definition) is 1. The van der Waals surface area contributed by atoms with Crippen LogP contribution in [0.5, 0.6) is 0 Å². The van der Waals surface area contributed by atoms with Crippen LogP contribution in [0.15, 0.2) is 33.8 Å². The van der Waals surface area contributed by atoms with Crippen molar-refractivity contribution in [3.63, 3.8) is 0 Å². The molecule has 116 valence electrons. The Hall–Kier alpha value is -1.29. The van der Waals surface area contributed by atoms with Gasteiger partial charge < -0.3 is 0 Å². The molecular weight excluding hydrogens is 388 g/mol. The molecule has 22 heavy (non-hydrogen) atoms. The number of aryl methyl sites for hydroxylation is 2. The van der Waals surface area contributed by atoms with Gasteiger partial charge in [0.1, 0.15) is 5.01 Å². The summed E-state index contributed by atoms with van der Waals surface area (Å²) in [5, 5.41) is 5.09. The van der Waals surface area contributed by atoms with Crippen LogP contribution in [-0.2, 0) is 16.6 Å². The van der Waals surface area contributed by atoms with E-state index >= 15 is 0 Å². The number of aromatic nitrogens is 3. The van der Waals surface area contributed by atoms with Crippen molar-refractivity contribution in [3.05, 3.63) is 45.0 Å². The first-order chi connectivity index (χ1) is 10.4. The number of rotatable bonds is 4. The smallest absolute Gasteiger partial charge is 0.221 e. The van der Waals surface area contributed by atoms with Crippen LogP contribution >= 0.6 is 27.3 Å². The SMILES string of the molecule is Cc1nn2c(S(=O)(=O)NCc3ccc(Br)cc3)c(C)nc2s1. The summed E-state index contributed by atoms with van der Waals surface area (Å²) in [6.07, 6.45) is 0. The predicted molar refractivity (Wildman–Crippen MR) is 88.5 cm³/mol. The van der Waals surface area contributed by atoms with Gasteiger partial charge in [0, 0.05) is 11.0 Å². The first-order valence-corrected chi connectivity index (χ1v) is 9.53. The maximum Gasteiger partial charge on any atom is 0.260 e. The van der Waals surface area contributed by atoms with Crippen molar-refractivity contribution >= 4 is 42.3 Å². The fourth-order valence-corrected chi connectivity index (χ4v) is 4.48. The quantitative estimate of drug-likeness (QED) is 0.729. The molecule has 3 rings (SSSR count). The highest BCUT2D eigenvalue weighted by Crippen LogP contribution is 2.21. The average molecular weight is 401 g/mol. The highest BCUT2D eigenvalue weighted by atomic mass is 79.9. The molecule has 0 atom stereocenters. The highest BCUT2D eigenvalue weighted by molar-refractivity contribution is 9.10. The fraction of sp³-hybridized carbons (Fsp3) is 0.231. The van der Waals surface area contributed by atoms with Gasteiger partial charge in [0.2, 0.25) is 4.96 Å². The normalized spacial score (nSPS) is 12.1. The van der Waals surface area contributed by atoms with Gasteiger partial charge in [-0.15, -0.1) is 0 Å². The first-order valence-electron chi connectivity index (χ1n) is 6.44. The van der Waals surface area contributed by atoms with E-state index in [0.29, 0.717) is 10.7 Å². The molecule has 3 aromatic rings. The third-order valence-electron chi connectivity index (χ3n) is 3.06. The van der Waals surface area contributed by atoms with Crippen LogP contribution in [0.2, 0.25) is 0 Å². The summed E-state index contributed by atoms with van der Waals surface area (Å²) >= 11 is 4.71. The van der Waals surface area contributed by atoms with Crippen molar-refractivity contribution in [1.29, 1.82) is 0 Å². The zero-order valence-corrected chi connectivity index (χ0v) is 15.1. The predicted octanol–water partition coefficient (Wildman–Crippen LogP) is 2.65. The lowest BCUT2D eigenvalue weighted by molar-refractivity contribution is 0.572. The molecule has 0 unspecified atom stereocenters. The van der Waals surface area contributed by atoms with Crippen molar-refractivity contribution in [1.82, 2.24) is 19.3 Å². The monoisotopic (exact) mass is 400 g/mol. The Morgan fingerprint density at radius 1 is 1.27 bits per heavy atom. The molecule has 0 saturated carbocycles. The molecule has 0 aliphatic rings. The van der Waals surface area contributed by atoms with Crippen molar-refractivity contribution in [3.8, 4) is 0 Å². The van der Waals surface area contributed by atoms with Crippen molar-refractivity contribution in [2.24, 2.45) is 0 Å². The number of benzene rings is 1. The Balaban J connectivity index is 1.91. The largest absolute Gasteiger partial charge is 0.260 e. The number of hydrogen-bond acceptors (Lipinski definition) is 5. The molecule has 0 aliphatic heterocycles. The number of sulfonamides is 1. The molecule has 2 aromatic heterocycles. The van der Waals surface area contributed by atoms with Gasteiger partial charge in [-0.05, 0) is 31.5 Å². The maximum absolute atomic E-state index is 12.6. The van der Waals surface area contributed by atoms with Crippen molar-refractivity contribution in [2.75, 3.05) is 0 Å². The first kappa shape index (κ1) is 15.6. The Labute approximate surface area is 140 Å². The van der Waals surface area contributed by atoms with Crippen molar-refractivity contribution < 1.29 is 8.42 Å². The summed E-state index contributed by atoms with van der Waals surface area (Å²) in [5.41, 5.74) is 1.32. The minimum Gasteiger partial charge on any atom is -0.221 e. The van der Waals surface area contributed by atoms with Gasteiger partial charge in [0.25, 0.3) is 10.0 Å². The number of nitrogens with zero attached hydrogens (tertiary/aromatic N) is 3. The van der Waals surface area contributed by atoms with E-state index in [2.05, 4.69) is 30.7 Å². The number of fused-ring (bicyclic) bond motifs is 1. The molecule has 2 heterocycles. The van der Waals surface area contributed by atoms with Gasteiger partial charge in [-0.1, -0.05) is 39.4 Å². The summed E-state index contributed by atoms with van der Waals surface area (Å²) in [5.74, 6) is 0. The van der Waals surface area contributed by atoms with E-state index in [1.807, 2.05) is 31.2 Å². The van der Waals surface area contributed by atoms with Crippen LogP contribution in [0.3, 0.4) is 0 Å². The lowest BCUT2D eigenvalue weighted by Crippen LogP contribution is -2.25. The van der Waals surface area contributed by atoms with E-state index in [-0.39, 0.29) is 11.6 Å². The molecule has 6 nitrogen and oxygen atoms in total. The molecule has 0 amide bonds. The standard InChI is InChI=1S/C13H13BrN4O2S2/c1-8-12(18-13(16-8)21-9(2)17-18)22(19,20)15-7-10-3-5-11(14)6-4-10/h3-6,15H,7H2,1-2H3. The molecule has 0 fully saturated rings. The van der Waals surface area contributed by atoms with Crippen molar-refractivity contribution in [2.45, 2.75) is 25.4 Å². The molecule has 1 aromatic carbocycles. The second kappa shape index (κ2) is 5.73. The van der Waals surface area contributed by atoms with E-state index < -0.39 is 10.0 Å². The Bertz CT molecular complexity index is 929. The maximum atomic E-state index is 12.6. The van der Waals surface area contributed by atoms with Crippen LogP contribution in [-0.4, -0.2) is 23.0 Å². The fourth-order valence-electron chi connectivity index (χ4n) is 2.08. The van der Waals surface area contributed by atoms with Gasteiger partial charge in [0.15, 0.2) is 5.03 Å². The average Bonchev–Trinajstić information content (AvgIpc) is 2.92. The molecule has 1 N–H and O–H groups in total. The van der Waals surface area contributed by atoms with E-state index in [4.69, 9.17) is 0 Å². The number of halogens is 1. The zero-order valence-electron chi connectivity index (χ0n) is 11.9. The summed E-state index contributed by atoms with van der Waals surface area (Å²) < 4.78 is 30.1. The van der Waals surface area contributed by atoms with Crippen LogP contribution in [0.1, 0.15) is 16.3 Å².